The highest BCUT2D eigenvalue weighted by Crippen LogP contribution is 2.29. The second kappa shape index (κ2) is 7.62. The maximum atomic E-state index is 5.52. The van der Waals surface area contributed by atoms with Crippen molar-refractivity contribution in [2.24, 2.45) is 13.0 Å². The highest BCUT2D eigenvalue weighted by atomic mass is 16.5. The lowest BCUT2D eigenvalue weighted by atomic mass is 9.91. The number of ether oxygens (including phenoxy) is 2. The van der Waals surface area contributed by atoms with Crippen LogP contribution >= 0.6 is 0 Å². The van der Waals surface area contributed by atoms with Gasteiger partial charge in [0.2, 0.25) is 0 Å². The fourth-order valence-corrected chi connectivity index (χ4v) is 3.17. The molecule has 124 valence electrons. The number of hydrogen-bond acceptors (Lipinski definition) is 4. The van der Waals surface area contributed by atoms with E-state index in [1.54, 1.807) is 7.11 Å². The van der Waals surface area contributed by atoms with Crippen LogP contribution in [0.25, 0.3) is 0 Å². The summed E-state index contributed by atoms with van der Waals surface area (Å²) in [5.74, 6) is 2.55. The Hall–Kier alpha value is -1.85. The zero-order valence-corrected chi connectivity index (χ0v) is 13.9. The fourth-order valence-electron chi connectivity index (χ4n) is 3.17. The Morgan fingerprint density at radius 2 is 2.04 bits per heavy atom. The molecular weight excluding hydrogens is 290 g/mol. The van der Waals surface area contributed by atoms with E-state index < -0.39 is 0 Å². The van der Waals surface area contributed by atoms with E-state index in [0.29, 0.717) is 5.92 Å². The third-order valence-electron chi connectivity index (χ3n) is 4.56. The van der Waals surface area contributed by atoms with Gasteiger partial charge in [0.1, 0.15) is 11.6 Å². The summed E-state index contributed by atoms with van der Waals surface area (Å²) in [6.07, 6.45) is 6.04. The fraction of sp³-hybridized carbons (Fsp3) is 0.500. The molecule has 3 rings (SSSR count). The molecule has 0 unspecified atom stereocenters. The lowest BCUT2D eigenvalue weighted by molar-refractivity contribution is 0.0518. The van der Waals surface area contributed by atoms with Gasteiger partial charge in [-0.25, -0.2) is 4.98 Å². The highest BCUT2D eigenvalue weighted by Gasteiger charge is 2.27. The quantitative estimate of drug-likeness (QED) is 0.890. The van der Waals surface area contributed by atoms with Crippen LogP contribution in [-0.2, 0) is 18.3 Å². The summed E-state index contributed by atoms with van der Waals surface area (Å²) in [5, 5.41) is 3.71. The van der Waals surface area contributed by atoms with Crippen LogP contribution in [0.4, 0.5) is 0 Å². The summed E-state index contributed by atoms with van der Waals surface area (Å²) in [6.45, 7) is 2.50. The average molecular weight is 315 g/mol. The second-order valence-electron chi connectivity index (χ2n) is 6.05. The van der Waals surface area contributed by atoms with Gasteiger partial charge in [-0.1, -0.05) is 12.1 Å². The molecular formula is C18H25N3O2. The van der Waals surface area contributed by atoms with Crippen LogP contribution in [0.2, 0.25) is 0 Å². The minimum Gasteiger partial charge on any atom is -0.497 e. The van der Waals surface area contributed by atoms with Crippen LogP contribution in [0, 0.1) is 5.92 Å². The largest absolute Gasteiger partial charge is 0.497 e. The van der Waals surface area contributed by atoms with Gasteiger partial charge in [0.15, 0.2) is 0 Å². The smallest absolute Gasteiger partial charge is 0.125 e. The second-order valence-corrected chi connectivity index (χ2v) is 6.05. The molecule has 1 aromatic carbocycles. The van der Waals surface area contributed by atoms with Crippen molar-refractivity contribution in [2.45, 2.75) is 25.4 Å². The first-order chi connectivity index (χ1) is 11.3. The lowest BCUT2D eigenvalue weighted by Crippen LogP contribution is -2.33. The van der Waals surface area contributed by atoms with Gasteiger partial charge in [-0.3, -0.25) is 0 Å². The molecule has 0 bridgehead atoms. The van der Waals surface area contributed by atoms with Crippen molar-refractivity contribution < 1.29 is 9.47 Å². The molecule has 1 aromatic heterocycles. The van der Waals surface area contributed by atoms with Gasteiger partial charge < -0.3 is 19.4 Å². The molecule has 5 heteroatoms. The Labute approximate surface area is 137 Å². The van der Waals surface area contributed by atoms with Gasteiger partial charge in [-0.05, 0) is 36.5 Å². The zero-order valence-electron chi connectivity index (χ0n) is 13.9. The maximum absolute atomic E-state index is 5.52. The number of benzene rings is 1. The molecule has 23 heavy (non-hydrogen) atoms. The normalized spacial score (nSPS) is 17.1. The molecule has 1 aliphatic rings. The van der Waals surface area contributed by atoms with Crippen LogP contribution in [0.3, 0.4) is 0 Å². The van der Waals surface area contributed by atoms with Crippen LogP contribution in [0.5, 0.6) is 5.75 Å². The Balaban J connectivity index is 1.71. The van der Waals surface area contributed by atoms with Gasteiger partial charge in [-0.15, -0.1) is 0 Å². The number of methoxy groups -OCH3 is 1. The van der Waals surface area contributed by atoms with Crippen molar-refractivity contribution in [1.29, 1.82) is 0 Å². The van der Waals surface area contributed by atoms with Crippen LogP contribution in [0.1, 0.15) is 30.3 Å². The van der Waals surface area contributed by atoms with Crippen LogP contribution in [0.15, 0.2) is 36.7 Å². The first-order valence-corrected chi connectivity index (χ1v) is 8.19. The SMILES string of the molecule is COc1ccc(CN[C@@H](c2nccn2C)C2CCOCC2)cc1. The van der Waals surface area contributed by atoms with Crippen molar-refractivity contribution in [3.8, 4) is 5.75 Å². The molecule has 1 N–H and O–H groups in total. The van der Waals surface area contributed by atoms with E-state index in [1.807, 2.05) is 24.5 Å². The van der Waals surface area contributed by atoms with E-state index in [4.69, 9.17) is 9.47 Å². The molecule has 1 aliphatic heterocycles. The Morgan fingerprint density at radius 1 is 1.30 bits per heavy atom. The predicted octanol–water partition coefficient (Wildman–Crippen LogP) is 2.69. The summed E-state index contributed by atoms with van der Waals surface area (Å²) < 4.78 is 12.8. The predicted molar refractivity (Wildman–Crippen MR) is 89.3 cm³/mol. The van der Waals surface area contributed by atoms with Gasteiger partial charge in [0.05, 0.1) is 13.2 Å². The summed E-state index contributed by atoms with van der Waals surface area (Å²) in [7, 11) is 3.75. The number of aryl methyl sites for hydroxylation is 1. The lowest BCUT2D eigenvalue weighted by Gasteiger charge is -2.30. The van der Waals surface area contributed by atoms with Crippen molar-refractivity contribution in [2.75, 3.05) is 20.3 Å². The molecule has 0 radical (unpaired) electrons. The van der Waals surface area contributed by atoms with Gasteiger partial charge in [0.25, 0.3) is 0 Å². The van der Waals surface area contributed by atoms with Gasteiger partial charge >= 0.3 is 0 Å². The molecule has 2 aromatic rings. The van der Waals surface area contributed by atoms with E-state index in [1.165, 1.54) is 5.56 Å². The number of aromatic nitrogens is 2. The van der Waals surface area contributed by atoms with Crippen LogP contribution < -0.4 is 10.1 Å². The van der Waals surface area contributed by atoms with E-state index >= 15 is 0 Å². The van der Waals surface area contributed by atoms with Crippen LogP contribution in [-0.4, -0.2) is 29.9 Å². The zero-order chi connectivity index (χ0) is 16.1. The number of rotatable bonds is 6. The van der Waals surface area contributed by atoms with Gasteiger partial charge in [-0.2, -0.15) is 0 Å². The maximum Gasteiger partial charge on any atom is 0.125 e. The standard InChI is InChI=1S/C18H25N3O2/c1-21-10-9-19-18(21)17(15-7-11-23-12-8-15)20-13-14-3-5-16(22-2)6-4-14/h3-6,9-10,15,17,20H,7-8,11-13H2,1-2H3/t17-/m1/s1. The van der Waals surface area contributed by atoms with Crippen molar-refractivity contribution in [3.63, 3.8) is 0 Å². The van der Waals surface area contributed by atoms with Crippen molar-refractivity contribution in [1.82, 2.24) is 14.9 Å². The van der Waals surface area contributed by atoms with E-state index in [9.17, 15) is 0 Å². The Kier molecular flexibility index (Phi) is 5.31. The highest BCUT2D eigenvalue weighted by molar-refractivity contribution is 5.27. The van der Waals surface area contributed by atoms with E-state index in [2.05, 4.69) is 34.0 Å². The third kappa shape index (κ3) is 3.92. The topological polar surface area (TPSA) is 48.3 Å². The summed E-state index contributed by atoms with van der Waals surface area (Å²) in [4.78, 5) is 4.57. The third-order valence-corrected chi connectivity index (χ3v) is 4.56. The molecule has 1 fully saturated rings. The summed E-state index contributed by atoms with van der Waals surface area (Å²) in [5.41, 5.74) is 1.25. The number of nitrogens with one attached hydrogen (secondary N) is 1. The minimum absolute atomic E-state index is 0.251. The van der Waals surface area contributed by atoms with Gasteiger partial charge in [0, 0.05) is 39.2 Å². The molecule has 1 atom stereocenters. The first-order valence-electron chi connectivity index (χ1n) is 8.19. The monoisotopic (exact) mass is 315 g/mol. The number of imidazole rings is 1. The summed E-state index contributed by atoms with van der Waals surface area (Å²) in [6, 6.07) is 8.46. The number of nitrogens with zero attached hydrogens (tertiary/aromatic N) is 2. The Morgan fingerprint density at radius 3 is 2.65 bits per heavy atom. The van der Waals surface area contributed by atoms with Crippen molar-refractivity contribution in [3.05, 3.63) is 48.0 Å². The summed E-state index contributed by atoms with van der Waals surface area (Å²) >= 11 is 0. The molecule has 0 amide bonds. The number of hydrogen-bond donors (Lipinski definition) is 1. The minimum atomic E-state index is 0.251. The van der Waals surface area contributed by atoms with E-state index in [-0.39, 0.29) is 6.04 Å². The molecule has 1 saturated heterocycles. The molecule has 5 nitrogen and oxygen atoms in total. The van der Waals surface area contributed by atoms with E-state index in [0.717, 1.165) is 44.2 Å². The first kappa shape index (κ1) is 16.0. The van der Waals surface area contributed by atoms with Crippen molar-refractivity contribution >= 4 is 0 Å². The molecule has 0 spiro atoms. The average Bonchev–Trinajstić information content (AvgIpc) is 3.03. The molecule has 0 saturated carbocycles. The Bertz CT molecular complexity index is 603. The molecule has 2 heterocycles. The molecule has 0 aliphatic carbocycles.